The molecule has 3 heterocycles. The monoisotopic (exact) mass is 1660 g/mol. The lowest BCUT2D eigenvalue weighted by molar-refractivity contribution is -0.379. The van der Waals surface area contributed by atoms with Crippen LogP contribution in [0.5, 0.6) is 0 Å². The van der Waals surface area contributed by atoms with Crippen LogP contribution in [-0.2, 0) is 33.2 Å². The van der Waals surface area contributed by atoms with Crippen molar-refractivity contribution in [1.29, 1.82) is 0 Å². The summed E-state index contributed by atoms with van der Waals surface area (Å²) < 4.78 is 34.5. The summed E-state index contributed by atoms with van der Waals surface area (Å²) in [6.07, 6.45) is 78.0. The summed E-state index contributed by atoms with van der Waals surface area (Å²) in [4.78, 5) is 13.5. The number of unbranched alkanes of at least 4 members (excludes halogenated alkanes) is 54. The molecule has 0 bridgehead atoms. The number of amides is 1. The highest BCUT2D eigenvalue weighted by molar-refractivity contribution is 5.76. The van der Waals surface area contributed by atoms with Gasteiger partial charge in [0.25, 0.3) is 0 Å². The Kier molecular flexibility index (Phi) is 71.2. The second-order valence-corrected chi connectivity index (χ2v) is 34.5. The maximum Gasteiger partial charge on any atom is 0.220 e. The molecule has 0 spiro atoms. The highest BCUT2D eigenvalue weighted by Gasteiger charge is 2.54. The fraction of sp³-hybridized carbons (Fsp3) is 0.867. The first-order valence-corrected chi connectivity index (χ1v) is 48.7. The van der Waals surface area contributed by atoms with Gasteiger partial charge in [-0.1, -0.05) is 395 Å². The summed E-state index contributed by atoms with van der Waals surface area (Å²) in [5.74, 6) is -0.283. The van der Waals surface area contributed by atoms with Crippen LogP contribution in [0.4, 0.5) is 0 Å². The van der Waals surface area contributed by atoms with Crippen molar-refractivity contribution < 1.29 is 89.4 Å². The quantitative estimate of drug-likeness (QED) is 0.0199. The van der Waals surface area contributed by atoms with Crippen molar-refractivity contribution >= 4 is 5.91 Å². The number of allylic oxidation sites excluding steroid dienone is 11. The topological polar surface area (TPSA) is 307 Å². The zero-order valence-corrected chi connectivity index (χ0v) is 74.2. The van der Waals surface area contributed by atoms with Crippen LogP contribution in [0, 0.1) is 0 Å². The molecular weight excluding hydrogens is 1480 g/mol. The van der Waals surface area contributed by atoms with Gasteiger partial charge in [-0.2, -0.15) is 0 Å². The molecule has 0 aliphatic carbocycles. The Morgan fingerprint density at radius 3 is 0.915 bits per heavy atom. The highest BCUT2D eigenvalue weighted by Crippen LogP contribution is 2.34. The van der Waals surface area contributed by atoms with Crippen LogP contribution < -0.4 is 5.32 Å². The lowest BCUT2D eigenvalue weighted by atomic mass is 9.96. The lowest BCUT2D eigenvalue weighted by Gasteiger charge is -2.48. The molecule has 0 radical (unpaired) electrons. The van der Waals surface area contributed by atoms with Crippen molar-refractivity contribution in [2.45, 2.75) is 516 Å². The van der Waals surface area contributed by atoms with Gasteiger partial charge >= 0.3 is 0 Å². The number of ether oxygens (including phenoxy) is 6. The molecule has 117 heavy (non-hydrogen) atoms. The molecule has 0 aromatic carbocycles. The van der Waals surface area contributed by atoms with Crippen LogP contribution in [0.3, 0.4) is 0 Å². The minimum Gasteiger partial charge on any atom is -0.394 e. The van der Waals surface area contributed by atoms with E-state index in [4.69, 9.17) is 28.4 Å². The zero-order valence-electron chi connectivity index (χ0n) is 74.2. The Bertz CT molecular complexity index is 2390. The fourth-order valence-electron chi connectivity index (χ4n) is 16.2. The predicted octanol–water partition coefficient (Wildman–Crippen LogP) is 19.9. The van der Waals surface area contributed by atoms with Crippen LogP contribution in [-0.4, -0.2) is 193 Å². The van der Waals surface area contributed by atoms with E-state index in [0.717, 1.165) is 57.8 Å². The van der Waals surface area contributed by atoms with Crippen LogP contribution in [0.1, 0.15) is 412 Å². The molecule has 3 rings (SSSR count). The molecule has 19 nitrogen and oxygen atoms in total. The van der Waals surface area contributed by atoms with E-state index in [1.54, 1.807) is 6.08 Å². The summed E-state index contributed by atoms with van der Waals surface area (Å²) in [6, 6.07) is -1.00. The molecule has 3 fully saturated rings. The molecule has 17 atom stereocenters. The summed E-state index contributed by atoms with van der Waals surface area (Å²) in [7, 11) is 0. The summed E-state index contributed by atoms with van der Waals surface area (Å²) in [5.41, 5.74) is 0. The first kappa shape index (κ1) is 108. The normalized spacial score (nSPS) is 24.7. The molecule has 3 saturated heterocycles. The minimum absolute atomic E-state index is 0.234. The van der Waals surface area contributed by atoms with Crippen LogP contribution >= 0.6 is 0 Å². The summed E-state index contributed by atoms with van der Waals surface area (Å²) in [5, 5.41) is 121. The fourth-order valence-corrected chi connectivity index (χ4v) is 16.2. The molecule has 3 aliphatic rings. The van der Waals surface area contributed by atoms with Crippen LogP contribution in [0.25, 0.3) is 0 Å². The largest absolute Gasteiger partial charge is 0.394 e. The average Bonchev–Trinajstić information content (AvgIpc) is 0.778. The zero-order chi connectivity index (χ0) is 84.5. The molecule has 17 unspecified atom stereocenters. The van der Waals surface area contributed by atoms with Crippen molar-refractivity contribution in [2.24, 2.45) is 0 Å². The number of hydrogen-bond acceptors (Lipinski definition) is 18. The van der Waals surface area contributed by atoms with Gasteiger partial charge in [-0.15, -0.1) is 0 Å². The Balaban J connectivity index is 1.30. The highest BCUT2D eigenvalue weighted by atomic mass is 16.8. The number of carbonyl (C=O) groups is 1. The van der Waals surface area contributed by atoms with Gasteiger partial charge in [-0.05, 0) is 83.5 Å². The molecule has 0 aromatic rings. The van der Waals surface area contributed by atoms with Gasteiger partial charge in [-0.25, -0.2) is 0 Å². The van der Waals surface area contributed by atoms with Crippen molar-refractivity contribution in [3.8, 4) is 0 Å². The standard InChI is InChI=1S/C98H179NO18/c1-3-5-7-9-11-13-15-17-19-21-23-25-27-29-31-33-35-36-37-38-39-40-41-42-43-44-46-48-50-52-54-56-58-60-62-64-66-68-70-72-74-76-86(104)99-81(82(103)75-73-71-69-67-65-63-61-59-57-55-53-51-49-47-45-34-32-30-28-26-24-22-20-18-16-14-12-10-8-6-4-2)80-112-96-92(110)89(107)94(84(78-101)114-96)117-98-93(111)90(108)95(85(79-102)115-98)116-97-91(109)88(106)87(105)83(77-100)113-97/h15,17,21,23,27,29,57,59,65,67,73,75,81-85,87-98,100-103,105-111H,3-14,16,18-20,22,24-26,28,30-56,58,60-64,66,68-72,74,76-80H2,1-2H3,(H,99,104)/b17-15-,23-21-,29-27-,59-57+,67-65+,75-73+. The van der Waals surface area contributed by atoms with Crippen molar-refractivity contribution in [3.05, 3.63) is 72.9 Å². The van der Waals surface area contributed by atoms with Gasteiger partial charge in [0, 0.05) is 6.42 Å². The average molecular weight is 1660 g/mol. The maximum atomic E-state index is 13.5. The molecule has 12 N–H and O–H groups in total. The minimum atomic E-state index is -1.99. The van der Waals surface area contributed by atoms with E-state index < -0.39 is 124 Å². The number of carbonyl (C=O) groups excluding carboxylic acids is 1. The van der Waals surface area contributed by atoms with Gasteiger partial charge in [0.15, 0.2) is 18.9 Å². The van der Waals surface area contributed by atoms with Gasteiger partial charge in [0.05, 0.1) is 38.6 Å². The second kappa shape index (κ2) is 76.8. The number of hydrogen-bond donors (Lipinski definition) is 12. The van der Waals surface area contributed by atoms with Crippen molar-refractivity contribution in [2.75, 3.05) is 26.4 Å². The number of aliphatic hydroxyl groups excluding tert-OH is 11. The Labute approximate surface area is 712 Å². The Morgan fingerprint density at radius 2 is 0.573 bits per heavy atom. The maximum absolute atomic E-state index is 13.5. The molecule has 0 saturated carbocycles. The number of rotatable bonds is 80. The van der Waals surface area contributed by atoms with Crippen molar-refractivity contribution in [1.82, 2.24) is 5.32 Å². The molecule has 1 amide bonds. The SMILES string of the molecule is CCCCCCC/C=C\C/C=C\C/C=C\CCCCCCCCCCCCCCCCCCCCCCCCCCCCC(=O)NC(COC1OC(CO)C(OC2OC(CO)C(OC3OC(CO)C(O)C(O)C3O)C(O)C2O)C(O)C1O)C(O)/C=C/CC/C=C/CC/C=C/CCCCCCCCCCCCCCCCCCCCCCC. The summed E-state index contributed by atoms with van der Waals surface area (Å²) in [6.45, 7) is 1.76. The van der Waals surface area contributed by atoms with Gasteiger partial charge in [0.2, 0.25) is 5.91 Å². The van der Waals surface area contributed by atoms with E-state index in [0.29, 0.717) is 12.8 Å². The third kappa shape index (κ3) is 54.6. The first-order valence-electron chi connectivity index (χ1n) is 48.7. The summed E-state index contributed by atoms with van der Waals surface area (Å²) >= 11 is 0. The lowest BCUT2D eigenvalue weighted by Crippen LogP contribution is -2.66. The smallest absolute Gasteiger partial charge is 0.220 e. The third-order valence-corrected chi connectivity index (χ3v) is 24.0. The van der Waals surface area contributed by atoms with E-state index in [-0.39, 0.29) is 18.9 Å². The van der Waals surface area contributed by atoms with Gasteiger partial charge in [-0.3, -0.25) is 4.79 Å². The molecule has 684 valence electrons. The van der Waals surface area contributed by atoms with Gasteiger partial charge < -0.3 is 89.9 Å². The predicted molar refractivity (Wildman–Crippen MR) is 475 cm³/mol. The van der Waals surface area contributed by atoms with E-state index >= 15 is 0 Å². The molecule has 3 aliphatic heterocycles. The van der Waals surface area contributed by atoms with Crippen molar-refractivity contribution in [3.63, 3.8) is 0 Å². The Hall–Kier alpha value is -2.77. The van der Waals surface area contributed by atoms with E-state index in [1.165, 1.54) is 321 Å². The second-order valence-electron chi connectivity index (χ2n) is 34.5. The molecular formula is C98H179NO18. The molecule has 0 aromatic heterocycles. The first-order chi connectivity index (χ1) is 57.3. The number of aliphatic hydroxyl groups is 11. The van der Waals surface area contributed by atoms with Crippen LogP contribution in [0.15, 0.2) is 72.9 Å². The third-order valence-electron chi connectivity index (χ3n) is 24.0. The molecule has 19 heteroatoms. The van der Waals surface area contributed by atoms with E-state index in [9.17, 15) is 61.0 Å². The number of nitrogens with one attached hydrogen (secondary N) is 1. The van der Waals surface area contributed by atoms with E-state index in [1.807, 2.05) is 6.08 Å². The Morgan fingerprint density at radius 1 is 0.308 bits per heavy atom. The van der Waals surface area contributed by atoms with Crippen LogP contribution in [0.2, 0.25) is 0 Å². The van der Waals surface area contributed by atoms with Gasteiger partial charge in [0.1, 0.15) is 73.2 Å². The van der Waals surface area contributed by atoms with E-state index in [2.05, 4.69) is 79.9 Å².